The summed E-state index contributed by atoms with van der Waals surface area (Å²) in [6.45, 7) is 3.59. The van der Waals surface area contributed by atoms with Crippen LogP contribution in [0.5, 0.6) is 11.5 Å². The van der Waals surface area contributed by atoms with Crippen molar-refractivity contribution in [1.29, 1.82) is 0 Å². The van der Waals surface area contributed by atoms with Crippen LogP contribution < -0.4 is 9.47 Å². The van der Waals surface area contributed by atoms with Crippen LogP contribution in [-0.4, -0.2) is 6.61 Å². The summed E-state index contributed by atoms with van der Waals surface area (Å²) in [5.74, 6) is 1.68. The average Bonchev–Trinajstić information content (AvgIpc) is 2.83. The van der Waals surface area contributed by atoms with Crippen LogP contribution in [0.4, 0.5) is 0 Å². The first kappa shape index (κ1) is 28.2. The summed E-state index contributed by atoms with van der Waals surface area (Å²) in [5.41, 5.74) is 1.15. The average molecular weight is 582 g/mol. The fourth-order valence-corrected chi connectivity index (χ4v) is 4.82. The van der Waals surface area contributed by atoms with Gasteiger partial charge >= 0.3 is 0 Å². The van der Waals surface area contributed by atoms with Crippen molar-refractivity contribution in [2.45, 2.75) is 103 Å². The molecule has 2 aromatic carbocycles. The Kier molecular flexibility index (Phi) is 15.7. The van der Waals surface area contributed by atoms with E-state index in [1.54, 1.807) is 0 Å². The van der Waals surface area contributed by atoms with Gasteiger partial charge in [-0.2, -0.15) is 0 Å². The third-order valence-electron chi connectivity index (χ3n) is 5.98. The molecule has 2 aromatic rings. The summed E-state index contributed by atoms with van der Waals surface area (Å²) in [4.78, 5) is 0. The standard InChI is InChI=1S/C29H42Br2O2/c1-2-3-4-5-6-7-8-9-10-11-12-13-14-18-21-32-28-22-27(31)29(23-26(28)30)33-24-25-19-16-15-17-20-25/h15-17,19-20,22-23H,2-14,18,21,24H2,1H3. The number of rotatable bonds is 19. The Balaban J connectivity index is 1.49. The molecule has 0 amide bonds. The molecule has 0 aliphatic rings. The maximum atomic E-state index is 6.01. The van der Waals surface area contributed by atoms with Crippen molar-refractivity contribution in [1.82, 2.24) is 0 Å². The van der Waals surface area contributed by atoms with Crippen molar-refractivity contribution < 1.29 is 9.47 Å². The molecule has 4 heteroatoms. The van der Waals surface area contributed by atoms with E-state index in [-0.39, 0.29) is 0 Å². The van der Waals surface area contributed by atoms with Crippen molar-refractivity contribution in [3.05, 3.63) is 57.0 Å². The predicted octanol–water partition coefficient (Wildman–Crippen LogP) is 10.7. The Morgan fingerprint density at radius 3 is 1.55 bits per heavy atom. The molecule has 2 nitrogen and oxygen atoms in total. The van der Waals surface area contributed by atoms with Crippen molar-refractivity contribution in [3.8, 4) is 11.5 Å². The van der Waals surface area contributed by atoms with E-state index in [1.165, 1.54) is 83.5 Å². The number of benzene rings is 2. The van der Waals surface area contributed by atoms with Crippen LogP contribution in [0.25, 0.3) is 0 Å². The summed E-state index contributed by atoms with van der Waals surface area (Å²) >= 11 is 7.24. The van der Waals surface area contributed by atoms with Gasteiger partial charge in [-0.1, -0.05) is 121 Å². The SMILES string of the molecule is CCCCCCCCCCCCCCCCOc1cc(Br)c(OCc2ccccc2)cc1Br. The Hall–Kier alpha value is -1.00. The van der Waals surface area contributed by atoms with Gasteiger partial charge in [0.25, 0.3) is 0 Å². The van der Waals surface area contributed by atoms with Gasteiger partial charge in [0.05, 0.1) is 15.6 Å². The van der Waals surface area contributed by atoms with Crippen LogP contribution in [0.2, 0.25) is 0 Å². The lowest BCUT2D eigenvalue weighted by Crippen LogP contribution is -2.00. The van der Waals surface area contributed by atoms with Gasteiger partial charge in [0, 0.05) is 0 Å². The molecule has 0 heterocycles. The number of unbranched alkanes of at least 4 members (excludes halogenated alkanes) is 13. The zero-order chi connectivity index (χ0) is 23.6. The summed E-state index contributed by atoms with van der Waals surface area (Å²) in [7, 11) is 0. The minimum absolute atomic E-state index is 0.547. The highest BCUT2D eigenvalue weighted by Crippen LogP contribution is 2.36. The normalized spacial score (nSPS) is 11.0. The van der Waals surface area contributed by atoms with Crippen molar-refractivity contribution >= 4 is 31.9 Å². The second-order valence-electron chi connectivity index (χ2n) is 8.93. The molecule has 0 radical (unpaired) electrons. The number of ether oxygens (including phenoxy) is 2. The molecule has 0 aliphatic carbocycles. The smallest absolute Gasteiger partial charge is 0.135 e. The fourth-order valence-electron chi connectivity index (χ4n) is 3.95. The Labute approximate surface area is 219 Å². The second-order valence-corrected chi connectivity index (χ2v) is 10.6. The van der Waals surface area contributed by atoms with E-state index >= 15 is 0 Å². The second kappa shape index (κ2) is 18.3. The lowest BCUT2D eigenvalue weighted by Gasteiger charge is -2.13. The summed E-state index contributed by atoms with van der Waals surface area (Å²) in [6.07, 6.45) is 19.2. The number of hydrogen-bond donors (Lipinski definition) is 0. The molecule has 0 bridgehead atoms. The highest BCUT2D eigenvalue weighted by Gasteiger charge is 2.09. The van der Waals surface area contributed by atoms with Gasteiger partial charge < -0.3 is 9.47 Å². The van der Waals surface area contributed by atoms with Crippen LogP contribution >= 0.6 is 31.9 Å². The molecule has 0 aliphatic heterocycles. The highest BCUT2D eigenvalue weighted by atomic mass is 79.9. The van der Waals surface area contributed by atoms with Gasteiger partial charge in [0.15, 0.2) is 0 Å². The van der Waals surface area contributed by atoms with Crippen LogP contribution in [0.1, 0.15) is 102 Å². The molecular formula is C29H42Br2O2. The maximum absolute atomic E-state index is 6.01. The monoisotopic (exact) mass is 580 g/mol. The van der Waals surface area contributed by atoms with Gasteiger partial charge in [-0.3, -0.25) is 0 Å². The highest BCUT2D eigenvalue weighted by molar-refractivity contribution is 9.11. The molecule has 0 aromatic heterocycles. The molecule has 0 spiro atoms. The molecule has 2 rings (SSSR count). The topological polar surface area (TPSA) is 18.5 Å². The van der Waals surface area contributed by atoms with E-state index in [2.05, 4.69) is 50.9 Å². The molecule has 0 saturated carbocycles. The molecule has 0 atom stereocenters. The Morgan fingerprint density at radius 2 is 1.03 bits per heavy atom. The van der Waals surface area contributed by atoms with E-state index in [4.69, 9.17) is 9.47 Å². The van der Waals surface area contributed by atoms with E-state index in [1.807, 2.05) is 30.3 Å². The molecule has 184 valence electrons. The fraction of sp³-hybridized carbons (Fsp3) is 0.586. The third kappa shape index (κ3) is 12.9. The molecule has 0 unspecified atom stereocenters. The lowest BCUT2D eigenvalue weighted by atomic mass is 10.0. The van der Waals surface area contributed by atoms with E-state index in [0.717, 1.165) is 39.0 Å². The molecule has 0 fully saturated rings. The first-order valence-corrected chi connectivity index (χ1v) is 14.6. The molecule has 33 heavy (non-hydrogen) atoms. The molecule has 0 saturated heterocycles. The number of hydrogen-bond acceptors (Lipinski definition) is 2. The predicted molar refractivity (Wildman–Crippen MR) is 148 cm³/mol. The minimum Gasteiger partial charge on any atom is -0.492 e. The van der Waals surface area contributed by atoms with Crippen molar-refractivity contribution in [2.75, 3.05) is 6.61 Å². The lowest BCUT2D eigenvalue weighted by molar-refractivity contribution is 0.293. The Morgan fingerprint density at radius 1 is 0.576 bits per heavy atom. The molecule has 0 N–H and O–H groups in total. The number of halogens is 2. The largest absolute Gasteiger partial charge is 0.492 e. The van der Waals surface area contributed by atoms with Gasteiger partial charge in [-0.15, -0.1) is 0 Å². The minimum atomic E-state index is 0.547. The van der Waals surface area contributed by atoms with Crippen LogP contribution in [0.3, 0.4) is 0 Å². The third-order valence-corrected chi connectivity index (χ3v) is 7.22. The van der Waals surface area contributed by atoms with Crippen LogP contribution in [-0.2, 0) is 6.61 Å². The van der Waals surface area contributed by atoms with E-state index < -0.39 is 0 Å². The van der Waals surface area contributed by atoms with E-state index in [0.29, 0.717) is 6.61 Å². The summed E-state index contributed by atoms with van der Waals surface area (Å²) < 4.78 is 13.8. The summed E-state index contributed by atoms with van der Waals surface area (Å²) in [6, 6.07) is 14.2. The zero-order valence-electron chi connectivity index (χ0n) is 20.4. The van der Waals surface area contributed by atoms with Crippen LogP contribution in [0.15, 0.2) is 51.4 Å². The Bertz CT molecular complexity index is 749. The van der Waals surface area contributed by atoms with E-state index in [9.17, 15) is 0 Å². The van der Waals surface area contributed by atoms with Crippen molar-refractivity contribution in [2.24, 2.45) is 0 Å². The first-order valence-electron chi connectivity index (χ1n) is 13.0. The summed E-state index contributed by atoms with van der Waals surface area (Å²) in [5, 5.41) is 0. The maximum Gasteiger partial charge on any atom is 0.135 e. The quantitative estimate of drug-likeness (QED) is 0.154. The first-order chi connectivity index (χ1) is 16.2. The zero-order valence-corrected chi connectivity index (χ0v) is 23.6. The van der Waals surface area contributed by atoms with Crippen LogP contribution in [0, 0.1) is 0 Å². The molecular weight excluding hydrogens is 540 g/mol. The van der Waals surface area contributed by atoms with Gasteiger partial charge in [0.2, 0.25) is 0 Å². The van der Waals surface area contributed by atoms with Gasteiger partial charge in [0.1, 0.15) is 18.1 Å². The van der Waals surface area contributed by atoms with Crippen molar-refractivity contribution in [3.63, 3.8) is 0 Å². The van der Waals surface area contributed by atoms with Gasteiger partial charge in [-0.25, -0.2) is 0 Å². The van der Waals surface area contributed by atoms with Gasteiger partial charge in [-0.05, 0) is 56.0 Å².